The van der Waals surface area contributed by atoms with Crippen LogP contribution in [0.15, 0.2) is 18.2 Å². The second-order valence-corrected chi connectivity index (χ2v) is 5.97. The average Bonchev–Trinajstić information content (AvgIpc) is 2.71. The first kappa shape index (κ1) is 15.9. The summed E-state index contributed by atoms with van der Waals surface area (Å²) in [5.74, 6) is -1.40. The molecule has 0 bridgehead atoms. The number of amides is 1. The highest BCUT2D eigenvalue weighted by Crippen LogP contribution is 2.28. The number of nitrogens with zero attached hydrogens (tertiary/aromatic N) is 1. The zero-order valence-corrected chi connectivity index (χ0v) is 12.7. The Kier molecular flexibility index (Phi) is 4.93. The van der Waals surface area contributed by atoms with Crippen LogP contribution >= 0.6 is 0 Å². The van der Waals surface area contributed by atoms with Gasteiger partial charge >= 0.3 is 0 Å². The van der Waals surface area contributed by atoms with Gasteiger partial charge in [0.05, 0.1) is 6.04 Å². The van der Waals surface area contributed by atoms with E-state index < -0.39 is 11.6 Å². The van der Waals surface area contributed by atoms with Gasteiger partial charge in [0.25, 0.3) is 0 Å². The number of benzene rings is 1. The second kappa shape index (κ2) is 6.52. The van der Waals surface area contributed by atoms with Gasteiger partial charge < -0.3 is 4.90 Å². The van der Waals surface area contributed by atoms with Gasteiger partial charge in [-0.05, 0) is 30.0 Å². The fraction of sp³-hybridized carbons (Fsp3) is 0.562. The Morgan fingerprint density at radius 3 is 2.57 bits per heavy atom. The van der Waals surface area contributed by atoms with Crippen molar-refractivity contribution in [2.24, 2.45) is 5.92 Å². The van der Waals surface area contributed by atoms with E-state index in [0.29, 0.717) is 18.0 Å². The smallest absolute Gasteiger partial charge is 0.241 e. The van der Waals surface area contributed by atoms with E-state index in [4.69, 9.17) is 0 Å². The van der Waals surface area contributed by atoms with E-state index in [9.17, 15) is 13.6 Å². The van der Waals surface area contributed by atoms with Crippen LogP contribution in [0.3, 0.4) is 0 Å². The third kappa shape index (κ3) is 3.40. The van der Waals surface area contributed by atoms with E-state index in [1.54, 1.807) is 4.90 Å². The van der Waals surface area contributed by atoms with Crippen LogP contribution in [-0.2, 0) is 4.79 Å². The molecule has 0 aliphatic carbocycles. The molecule has 1 N–H and O–H groups in total. The molecule has 2 unspecified atom stereocenters. The third-order valence-electron chi connectivity index (χ3n) is 3.65. The molecule has 1 aromatic rings. The molecule has 1 aliphatic heterocycles. The van der Waals surface area contributed by atoms with Crippen molar-refractivity contribution in [2.45, 2.75) is 45.8 Å². The number of rotatable bonds is 5. The summed E-state index contributed by atoms with van der Waals surface area (Å²) >= 11 is 0. The van der Waals surface area contributed by atoms with Gasteiger partial charge in [-0.15, -0.1) is 0 Å². The zero-order valence-electron chi connectivity index (χ0n) is 12.7. The van der Waals surface area contributed by atoms with Gasteiger partial charge in [0, 0.05) is 6.54 Å². The van der Waals surface area contributed by atoms with Crippen LogP contribution in [0.25, 0.3) is 0 Å². The Morgan fingerprint density at radius 2 is 2.00 bits per heavy atom. The molecule has 1 amide bonds. The predicted octanol–water partition coefficient (Wildman–Crippen LogP) is 3.22. The molecule has 116 valence electrons. The summed E-state index contributed by atoms with van der Waals surface area (Å²) in [5.41, 5.74) is 0.585. The molecule has 21 heavy (non-hydrogen) atoms. The monoisotopic (exact) mass is 296 g/mol. The standard InChI is InChI=1S/C16H22F2N2O/c1-4-5-14-16(21)20(9-10(2)3)15(19-14)11-6-7-12(17)13(18)8-11/h6-8,10,14-15,19H,4-5,9H2,1-3H3. The molecule has 0 spiro atoms. The lowest BCUT2D eigenvalue weighted by atomic mass is 10.1. The second-order valence-electron chi connectivity index (χ2n) is 5.97. The highest BCUT2D eigenvalue weighted by Gasteiger charge is 2.39. The Labute approximate surface area is 124 Å². The van der Waals surface area contributed by atoms with Crippen LogP contribution in [0.4, 0.5) is 8.78 Å². The van der Waals surface area contributed by atoms with Gasteiger partial charge in [-0.25, -0.2) is 8.78 Å². The molecule has 2 rings (SSSR count). The molecule has 1 aromatic carbocycles. The van der Waals surface area contributed by atoms with Gasteiger partial charge in [0.15, 0.2) is 11.6 Å². The van der Waals surface area contributed by atoms with Crippen LogP contribution in [0.1, 0.15) is 45.3 Å². The van der Waals surface area contributed by atoms with Crippen molar-refractivity contribution in [1.29, 1.82) is 0 Å². The number of carbonyl (C=O) groups is 1. The van der Waals surface area contributed by atoms with Crippen molar-refractivity contribution >= 4 is 5.91 Å². The van der Waals surface area contributed by atoms with Crippen LogP contribution in [0.5, 0.6) is 0 Å². The van der Waals surface area contributed by atoms with Crippen molar-refractivity contribution in [3.8, 4) is 0 Å². The van der Waals surface area contributed by atoms with Crippen LogP contribution in [0, 0.1) is 17.6 Å². The van der Waals surface area contributed by atoms with Crippen molar-refractivity contribution in [3.05, 3.63) is 35.4 Å². The predicted molar refractivity (Wildman–Crippen MR) is 77.5 cm³/mol. The zero-order chi connectivity index (χ0) is 15.6. The normalized spacial score (nSPS) is 22.4. The molecule has 1 aliphatic rings. The fourth-order valence-electron chi connectivity index (χ4n) is 2.72. The summed E-state index contributed by atoms with van der Waals surface area (Å²) < 4.78 is 26.5. The molecule has 1 fully saturated rings. The van der Waals surface area contributed by atoms with Gasteiger partial charge in [-0.2, -0.15) is 0 Å². The molecular formula is C16H22F2N2O. The fourth-order valence-corrected chi connectivity index (χ4v) is 2.72. The molecule has 0 aromatic heterocycles. The highest BCUT2D eigenvalue weighted by molar-refractivity contribution is 5.84. The third-order valence-corrected chi connectivity index (χ3v) is 3.65. The molecule has 5 heteroatoms. The first-order valence-electron chi connectivity index (χ1n) is 7.45. The van der Waals surface area contributed by atoms with Crippen molar-refractivity contribution in [2.75, 3.05) is 6.54 Å². The molecule has 0 saturated carbocycles. The summed E-state index contributed by atoms with van der Waals surface area (Å²) in [5, 5.41) is 3.25. The summed E-state index contributed by atoms with van der Waals surface area (Å²) in [7, 11) is 0. The van der Waals surface area contributed by atoms with Crippen LogP contribution < -0.4 is 5.32 Å². The maximum Gasteiger partial charge on any atom is 0.241 e. The van der Waals surface area contributed by atoms with Crippen LogP contribution in [0.2, 0.25) is 0 Å². The maximum atomic E-state index is 13.5. The molecule has 1 saturated heterocycles. The van der Waals surface area contributed by atoms with E-state index in [1.165, 1.54) is 12.1 Å². The molecule has 3 nitrogen and oxygen atoms in total. The summed E-state index contributed by atoms with van der Waals surface area (Å²) in [4.78, 5) is 14.2. The largest absolute Gasteiger partial charge is 0.321 e. The quantitative estimate of drug-likeness (QED) is 0.905. The number of halogens is 2. The Morgan fingerprint density at radius 1 is 1.29 bits per heavy atom. The van der Waals surface area contributed by atoms with Gasteiger partial charge in [0.2, 0.25) is 5.91 Å². The van der Waals surface area contributed by atoms with Gasteiger partial charge in [0.1, 0.15) is 6.17 Å². The minimum Gasteiger partial charge on any atom is -0.321 e. The molecule has 2 atom stereocenters. The van der Waals surface area contributed by atoms with E-state index in [2.05, 4.69) is 5.32 Å². The Bertz CT molecular complexity index is 519. The highest BCUT2D eigenvalue weighted by atomic mass is 19.2. The van der Waals surface area contributed by atoms with E-state index >= 15 is 0 Å². The number of nitrogens with one attached hydrogen (secondary N) is 1. The Balaban J connectivity index is 2.29. The summed E-state index contributed by atoms with van der Waals surface area (Å²) in [6.45, 7) is 6.67. The van der Waals surface area contributed by atoms with Crippen molar-refractivity contribution in [3.63, 3.8) is 0 Å². The van der Waals surface area contributed by atoms with Gasteiger partial charge in [-0.3, -0.25) is 10.1 Å². The van der Waals surface area contributed by atoms with Crippen LogP contribution in [-0.4, -0.2) is 23.4 Å². The lowest BCUT2D eigenvalue weighted by Crippen LogP contribution is -2.34. The molecular weight excluding hydrogens is 274 g/mol. The van der Waals surface area contributed by atoms with Crippen molar-refractivity contribution in [1.82, 2.24) is 10.2 Å². The molecule has 0 radical (unpaired) electrons. The number of hydrogen-bond acceptors (Lipinski definition) is 2. The van der Waals surface area contributed by atoms with E-state index in [-0.39, 0.29) is 18.1 Å². The SMILES string of the molecule is CCCC1NC(c2ccc(F)c(F)c2)N(CC(C)C)C1=O. The molecule has 1 heterocycles. The minimum absolute atomic E-state index is 0.0419. The minimum atomic E-state index is -0.884. The first-order valence-corrected chi connectivity index (χ1v) is 7.45. The maximum absolute atomic E-state index is 13.5. The topological polar surface area (TPSA) is 32.3 Å². The number of hydrogen-bond donors (Lipinski definition) is 1. The van der Waals surface area contributed by atoms with E-state index in [1.807, 2.05) is 20.8 Å². The number of carbonyl (C=O) groups excluding carboxylic acids is 1. The van der Waals surface area contributed by atoms with Crippen molar-refractivity contribution < 1.29 is 13.6 Å². The Hall–Kier alpha value is -1.49. The first-order chi connectivity index (χ1) is 9.93. The van der Waals surface area contributed by atoms with Gasteiger partial charge in [-0.1, -0.05) is 33.3 Å². The van der Waals surface area contributed by atoms with E-state index in [0.717, 1.165) is 18.9 Å². The lowest BCUT2D eigenvalue weighted by molar-refractivity contribution is -0.130. The summed E-state index contributed by atoms with van der Waals surface area (Å²) in [6, 6.07) is 3.57. The summed E-state index contributed by atoms with van der Waals surface area (Å²) in [6.07, 6.45) is 1.25. The lowest BCUT2D eigenvalue weighted by Gasteiger charge is -2.26. The average molecular weight is 296 g/mol.